The van der Waals surface area contributed by atoms with Crippen LogP contribution in [0.3, 0.4) is 0 Å². The van der Waals surface area contributed by atoms with Crippen LogP contribution in [0.4, 0.5) is 10.1 Å². The molecule has 1 aliphatic rings. The number of aliphatic imine (C=N–C) groups is 1. The minimum absolute atomic E-state index is 0.165. The third-order valence-corrected chi connectivity index (χ3v) is 6.28. The summed E-state index contributed by atoms with van der Waals surface area (Å²) < 4.78 is 24.2. The summed E-state index contributed by atoms with van der Waals surface area (Å²) in [6, 6.07) is 12.0. The van der Waals surface area contributed by atoms with Crippen molar-refractivity contribution in [3.8, 4) is 17.6 Å². The van der Waals surface area contributed by atoms with Gasteiger partial charge in [-0.15, -0.1) is 0 Å². The Labute approximate surface area is 191 Å². The molecule has 6 nitrogen and oxygen atoms in total. The molecule has 2 aromatic rings. The van der Waals surface area contributed by atoms with E-state index in [1.807, 2.05) is 4.90 Å². The highest BCUT2D eigenvalue weighted by Gasteiger charge is 2.30. The molecule has 2 aromatic carbocycles. The van der Waals surface area contributed by atoms with Crippen molar-refractivity contribution in [2.75, 3.05) is 31.8 Å². The Morgan fingerprint density at radius 3 is 2.77 bits per heavy atom. The lowest BCUT2D eigenvalue weighted by Gasteiger charge is -2.24. The van der Waals surface area contributed by atoms with E-state index in [1.54, 1.807) is 43.1 Å². The molecule has 1 fully saturated rings. The second kappa shape index (κ2) is 10.5. The van der Waals surface area contributed by atoms with Crippen LogP contribution in [0.2, 0.25) is 0 Å². The number of rotatable bonds is 6. The third-order valence-electron chi connectivity index (χ3n) is 4.75. The zero-order valence-electron chi connectivity index (χ0n) is 17.5. The Hall–Kier alpha value is -2.83. The Morgan fingerprint density at radius 1 is 1.32 bits per heavy atom. The van der Waals surface area contributed by atoms with Crippen LogP contribution in [-0.2, 0) is 6.42 Å². The maximum atomic E-state index is 13.5. The van der Waals surface area contributed by atoms with Crippen LogP contribution in [0, 0.1) is 17.1 Å². The first-order chi connectivity index (χ1) is 15.0. The predicted molar refractivity (Wildman–Crippen MR) is 127 cm³/mol. The molecule has 0 aromatic heterocycles. The predicted octanol–water partition coefficient (Wildman–Crippen LogP) is 4.45. The van der Waals surface area contributed by atoms with Gasteiger partial charge in [0.2, 0.25) is 0 Å². The summed E-state index contributed by atoms with van der Waals surface area (Å²) in [5, 5.41) is 13.7. The van der Waals surface area contributed by atoms with E-state index in [9.17, 15) is 9.65 Å². The summed E-state index contributed by atoms with van der Waals surface area (Å²) >= 11 is 7.20. The van der Waals surface area contributed by atoms with Crippen LogP contribution in [0.5, 0.6) is 11.5 Å². The quantitative estimate of drug-likeness (QED) is 0.642. The highest BCUT2D eigenvalue weighted by Crippen LogP contribution is 2.30. The number of ether oxygens (including phenoxy) is 2. The fourth-order valence-electron chi connectivity index (χ4n) is 3.21. The van der Waals surface area contributed by atoms with E-state index in [4.69, 9.17) is 26.7 Å². The maximum absolute atomic E-state index is 13.5. The van der Waals surface area contributed by atoms with E-state index in [2.05, 4.69) is 18.3 Å². The van der Waals surface area contributed by atoms with Crippen LogP contribution < -0.4 is 14.8 Å². The number of hydrogen-bond acceptors (Lipinski definition) is 6. The zero-order valence-corrected chi connectivity index (χ0v) is 19.1. The lowest BCUT2D eigenvalue weighted by molar-refractivity contribution is 0.390. The first-order valence-corrected chi connectivity index (χ1v) is 11.0. The molecule has 1 atom stereocenters. The van der Waals surface area contributed by atoms with Crippen molar-refractivity contribution in [3.63, 3.8) is 0 Å². The molecular formula is C22H23FN4O2S2. The first-order valence-electron chi connectivity index (χ1n) is 9.64. The van der Waals surface area contributed by atoms with Gasteiger partial charge in [0.15, 0.2) is 10.3 Å². The molecular weight excluding hydrogens is 435 g/mol. The molecule has 1 saturated heterocycles. The molecule has 0 bridgehead atoms. The van der Waals surface area contributed by atoms with E-state index >= 15 is 0 Å². The number of thiocarbonyl (C=S) groups is 1. The Morgan fingerprint density at radius 2 is 2.10 bits per heavy atom. The molecule has 31 heavy (non-hydrogen) atoms. The molecule has 162 valence electrons. The van der Waals surface area contributed by atoms with Crippen molar-refractivity contribution >= 4 is 39.9 Å². The summed E-state index contributed by atoms with van der Waals surface area (Å²) in [5.74, 6) is 1.67. The molecule has 9 heteroatoms. The second-order valence-electron chi connectivity index (χ2n) is 6.86. The first kappa shape index (κ1) is 22.8. The molecule has 1 heterocycles. The molecule has 0 amide bonds. The van der Waals surface area contributed by atoms with Gasteiger partial charge >= 0.3 is 0 Å². The number of nitrogens with one attached hydrogen (secondary N) is 1. The second-order valence-corrected chi connectivity index (χ2v) is 8.23. The van der Waals surface area contributed by atoms with Gasteiger partial charge in [-0.3, -0.25) is 9.89 Å². The molecule has 0 spiro atoms. The SMILES string of the molecule is COc1cc(OC)c(CCN=C2SCC(C)N2C(=S)Nc2cccc(F)c2)cc1C#N. The number of thioether (sulfide) groups is 1. The van der Waals surface area contributed by atoms with E-state index < -0.39 is 0 Å². The Kier molecular flexibility index (Phi) is 7.71. The normalized spacial score (nSPS) is 16.8. The summed E-state index contributed by atoms with van der Waals surface area (Å²) in [7, 11) is 3.11. The molecule has 0 saturated carbocycles. The number of amidine groups is 1. The smallest absolute Gasteiger partial charge is 0.179 e. The standard InChI is InChI=1S/C22H23FN4O2S2/c1-14-13-31-22(27(14)21(30)26-18-6-4-5-17(23)10-18)25-8-7-15-9-16(12-24)20(29-3)11-19(15)28-2/h4-6,9-11,14H,7-8,13H2,1-3H3,(H,26,30). The van der Waals surface area contributed by atoms with Crippen LogP contribution in [-0.4, -0.2) is 47.7 Å². The zero-order chi connectivity index (χ0) is 22.4. The molecule has 1 N–H and O–H groups in total. The van der Waals surface area contributed by atoms with E-state index in [1.165, 1.54) is 19.2 Å². The number of nitrogens with zero attached hydrogens (tertiary/aromatic N) is 3. The van der Waals surface area contributed by atoms with Gasteiger partial charge in [-0.2, -0.15) is 5.26 Å². The Bertz CT molecular complexity index is 1040. The minimum Gasteiger partial charge on any atom is -0.496 e. The van der Waals surface area contributed by atoms with Gasteiger partial charge in [-0.05, 0) is 55.4 Å². The van der Waals surface area contributed by atoms with Crippen molar-refractivity contribution in [1.29, 1.82) is 5.26 Å². The highest BCUT2D eigenvalue weighted by atomic mass is 32.2. The van der Waals surface area contributed by atoms with E-state index in [-0.39, 0.29) is 11.9 Å². The molecule has 0 radical (unpaired) electrons. The molecule has 0 aliphatic carbocycles. The third kappa shape index (κ3) is 5.46. The van der Waals surface area contributed by atoms with Gasteiger partial charge in [-0.1, -0.05) is 17.8 Å². The number of nitriles is 1. The van der Waals surface area contributed by atoms with Crippen molar-refractivity contribution in [1.82, 2.24) is 4.90 Å². The maximum Gasteiger partial charge on any atom is 0.179 e. The number of hydrogen-bond donors (Lipinski definition) is 1. The molecule has 1 unspecified atom stereocenters. The van der Waals surface area contributed by atoms with Crippen LogP contribution >= 0.6 is 24.0 Å². The lowest BCUT2D eigenvalue weighted by atomic mass is 10.1. The fraction of sp³-hybridized carbons (Fsp3) is 0.318. The van der Waals surface area contributed by atoms with Gasteiger partial charge in [-0.25, -0.2) is 4.39 Å². The van der Waals surface area contributed by atoms with Gasteiger partial charge in [0.25, 0.3) is 0 Å². The number of benzene rings is 2. The number of methoxy groups -OCH3 is 2. The van der Waals surface area contributed by atoms with Gasteiger partial charge in [0.05, 0.1) is 19.8 Å². The van der Waals surface area contributed by atoms with E-state index in [0.29, 0.717) is 40.8 Å². The van der Waals surface area contributed by atoms with Gasteiger partial charge in [0.1, 0.15) is 23.4 Å². The average molecular weight is 459 g/mol. The minimum atomic E-state index is -0.323. The van der Waals surface area contributed by atoms with Crippen molar-refractivity contribution in [2.45, 2.75) is 19.4 Å². The van der Waals surface area contributed by atoms with Crippen LogP contribution in [0.1, 0.15) is 18.1 Å². The van der Waals surface area contributed by atoms with Crippen LogP contribution in [0.15, 0.2) is 41.4 Å². The number of halogens is 1. The largest absolute Gasteiger partial charge is 0.496 e. The molecule has 1 aliphatic heterocycles. The lowest BCUT2D eigenvalue weighted by Crippen LogP contribution is -2.40. The van der Waals surface area contributed by atoms with E-state index in [0.717, 1.165) is 16.5 Å². The van der Waals surface area contributed by atoms with Crippen LogP contribution in [0.25, 0.3) is 0 Å². The summed E-state index contributed by atoms with van der Waals surface area (Å²) in [4.78, 5) is 6.69. The summed E-state index contributed by atoms with van der Waals surface area (Å²) in [6.07, 6.45) is 0.595. The summed E-state index contributed by atoms with van der Waals surface area (Å²) in [6.45, 7) is 2.57. The monoisotopic (exact) mass is 458 g/mol. The van der Waals surface area contributed by atoms with Gasteiger partial charge < -0.3 is 14.8 Å². The highest BCUT2D eigenvalue weighted by molar-refractivity contribution is 8.14. The van der Waals surface area contributed by atoms with Gasteiger partial charge in [0, 0.05) is 30.1 Å². The Balaban J connectivity index is 1.73. The van der Waals surface area contributed by atoms with Crippen molar-refractivity contribution in [2.24, 2.45) is 4.99 Å². The molecule has 3 rings (SSSR count). The average Bonchev–Trinajstić information content (AvgIpc) is 3.13. The van der Waals surface area contributed by atoms with Crippen molar-refractivity contribution < 1.29 is 13.9 Å². The number of anilines is 1. The van der Waals surface area contributed by atoms with Crippen molar-refractivity contribution in [3.05, 3.63) is 53.3 Å². The topological polar surface area (TPSA) is 69.9 Å². The summed E-state index contributed by atoms with van der Waals surface area (Å²) in [5.41, 5.74) is 1.93. The fourth-order valence-corrected chi connectivity index (χ4v) is 4.78.